The Morgan fingerprint density at radius 2 is 1.22 bits per heavy atom. The van der Waals surface area contributed by atoms with E-state index in [0.29, 0.717) is 16.7 Å². The van der Waals surface area contributed by atoms with Crippen molar-refractivity contribution in [1.29, 1.82) is 0 Å². The smallest absolute Gasteiger partial charge is 0.337 e. The molecule has 0 unspecified atom stereocenters. The highest BCUT2D eigenvalue weighted by atomic mass is 16.5. The summed E-state index contributed by atoms with van der Waals surface area (Å²) in [4.78, 5) is 36.9. The highest BCUT2D eigenvalue weighted by Crippen LogP contribution is 2.48. The second-order valence-corrected chi connectivity index (χ2v) is 7.60. The number of fused-ring (bicyclic) bond motifs is 3. The van der Waals surface area contributed by atoms with Crippen molar-refractivity contribution >= 4 is 17.9 Å². The van der Waals surface area contributed by atoms with Gasteiger partial charge in [0.15, 0.2) is 0 Å². The van der Waals surface area contributed by atoms with Gasteiger partial charge in [-0.25, -0.2) is 14.4 Å². The summed E-state index contributed by atoms with van der Waals surface area (Å²) in [6, 6.07) is 10.8. The van der Waals surface area contributed by atoms with Crippen molar-refractivity contribution < 1.29 is 28.6 Å². The van der Waals surface area contributed by atoms with E-state index in [4.69, 9.17) is 14.2 Å². The number of rotatable bonds is 3. The molecule has 0 N–H and O–H groups in total. The van der Waals surface area contributed by atoms with Crippen LogP contribution in [0.15, 0.2) is 72.4 Å². The minimum Gasteiger partial charge on any atom is -0.465 e. The first kappa shape index (κ1) is 21.3. The van der Waals surface area contributed by atoms with E-state index in [-0.39, 0.29) is 5.92 Å². The third-order valence-corrected chi connectivity index (χ3v) is 5.92. The lowest BCUT2D eigenvalue weighted by Gasteiger charge is -2.34. The minimum atomic E-state index is -0.490. The van der Waals surface area contributed by atoms with Crippen LogP contribution in [0.4, 0.5) is 0 Å². The van der Waals surface area contributed by atoms with Crippen LogP contribution >= 0.6 is 0 Å². The third kappa shape index (κ3) is 3.43. The largest absolute Gasteiger partial charge is 0.465 e. The van der Waals surface area contributed by atoms with Crippen molar-refractivity contribution in [2.75, 3.05) is 21.3 Å². The maximum absolute atomic E-state index is 12.5. The van der Waals surface area contributed by atoms with Gasteiger partial charge in [0.2, 0.25) is 0 Å². The maximum atomic E-state index is 12.5. The van der Waals surface area contributed by atoms with E-state index in [1.54, 1.807) is 42.5 Å². The van der Waals surface area contributed by atoms with Crippen molar-refractivity contribution in [3.05, 3.63) is 106 Å². The molecule has 2 bridgehead atoms. The Morgan fingerprint density at radius 3 is 1.69 bits per heavy atom. The van der Waals surface area contributed by atoms with Crippen LogP contribution in [0.5, 0.6) is 0 Å². The van der Waals surface area contributed by atoms with Gasteiger partial charge < -0.3 is 14.2 Å². The minimum absolute atomic E-state index is 0.212. The molecule has 2 aliphatic rings. The van der Waals surface area contributed by atoms with Crippen molar-refractivity contribution in [3.8, 4) is 0 Å². The molecule has 0 saturated heterocycles. The summed E-state index contributed by atoms with van der Waals surface area (Å²) in [5.74, 6) is -2.02. The predicted octanol–water partition coefficient (Wildman–Crippen LogP) is 4.06. The molecular formula is C26H22O6. The standard InChI is InChI=1S/C26H22O6/c1-14-5-6-15(24(27)30-2)13-22-20-11-16(25(28)31-3)7-9-18(20)23(14)19-10-8-17(12-21(19)22)26(29)32-4/h5-13,22-23H,1H2,2-4H3/b6-5-,15-13+. The molecule has 2 aliphatic carbocycles. The number of hydrogen-bond acceptors (Lipinski definition) is 6. The van der Waals surface area contributed by atoms with Gasteiger partial charge in [0, 0.05) is 11.8 Å². The Hall–Kier alpha value is -3.93. The number of benzene rings is 2. The van der Waals surface area contributed by atoms with E-state index < -0.39 is 23.8 Å². The molecule has 162 valence electrons. The predicted molar refractivity (Wildman–Crippen MR) is 118 cm³/mol. The quantitative estimate of drug-likeness (QED) is 0.540. The van der Waals surface area contributed by atoms with Crippen molar-refractivity contribution in [2.24, 2.45) is 0 Å². The van der Waals surface area contributed by atoms with Gasteiger partial charge in [0.1, 0.15) is 0 Å². The van der Waals surface area contributed by atoms with E-state index in [1.165, 1.54) is 21.3 Å². The fourth-order valence-electron chi connectivity index (χ4n) is 4.40. The van der Waals surface area contributed by atoms with Crippen LogP contribution in [0.25, 0.3) is 0 Å². The molecule has 0 fully saturated rings. The van der Waals surface area contributed by atoms with E-state index in [1.807, 2.05) is 12.1 Å². The molecular weight excluding hydrogens is 408 g/mol. The molecule has 0 saturated carbocycles. The summed E-state index contributed by atoms with van der Waals surface area (Å²) in [7, 11) is 3.98. The second-order valence-electron chi connectivity index (χ2n) is 7.60. The zero-order chi connectivity index (χ0) is 23.0. The van der Waals surface area contributed by atoms with Gasteiger partial charge >= 0.3 is 17.9 Å². The van der Waals surface area contributed by atoms with Crippen LogP contribution in [0, 0.1) is 0 Å². The maximum Gasteiger partial charge on any atom is 0.337 e. The van der Waals surface area contributed by atoms with Crippen molar-refractivity contribution in [1.82, 2.24) is 0 Å². The number of esters is 3. The van der Waals surface area contributed by atoms with Gasteiger partial charge in [0.05, 0.1) is 38.0 Å². The fourth-order valence-corrected chi connectivity index (χ4v) is 4.40. The zero-order valence-corrected chi connectivity index (χ0v) is 18.0. The highest BCUT2D eigenvalue weighted by molar-refractivity contribution is 5.93. The van der Waals surface area contributed by atoms with Gasteiger partial charge in [-0.05, 0) is 58.2 Å². The molecule has 32 heavy (non-hydrogen) atoms. The number of ether oxygens (including phenoxy) is 3. The average molecular weight is 430 g/mol. The highest BCUT2D eigenvalue weighted by Gasteiger charge is 2.35. The Bertz CT molecular complexity index is 1150. The summed E-state index contributed by atoms with van der Waals surface area (Å²) < 4.78 is 14.8. The zero-order valence-electron chi connectivity index (χ0n) is 18.0. The summed E-state index contributed by atoms with van der Waals surface area (Å²) in [5, 5.41) is 0. The number of allylic oxidation sites excluding steroid dienone is 3. The van der Waals surface area contributed by atoms with Crippen molar-refractivity contribution in [3.63, 3.8) is 0 Å². The molecule has 0 aliphatic heterocycles. The number of carbonyl (C=O) groups excluding carboxylic acids is 3. The van der Waals surface area contributed by atoms with Gasteiger partial charge in [-0.3, -0.25) is 0 Å². The number of hydrogen-bond donors (Lipinski definition) is 0. The second kappa shape index (κ2) is 8.30. The molecule has 0 radical (unpaired) electrons. The van der Waals surface area contributed by atoms with Crippen LogP contribution in [0.1, 0.15) is 54.8 Å². The molecule has 4 rings (SSSR count). The number of methoxy groups -OCH3 is 3. The van der Waals surface area contributed by atoms with Crippen LogP contribution in [-0.2, 0) is 19.0 Å². The molecule has 0 amide bonds. The molecule has 6 heteroatoms. The fraction of sp³-hybridized carbons (Fsp3) is 0.192. The normalized spacial score (nSPS) is 21.0. The van der Waals surface area contributed by atoms with E-state index in [2.05, 4.69) is 6.58 Å². The van der Waals surface area contributed by atoms with Gasteiger partial charge in [0.25, 0.3) is 0 Å². The Kier molecular flexibility index (Phi) is 5.53. The van der Waals surface area contributed by atoms with Crippen molar-refractivity contribution in [2.45, 2.75) is 11.8 Å². The molecule has 0 atom stereocenters. The summed E-state index contributed by atoms with van der Waals surface area (Å²) in [6.07, 6.45) is 5.28. The van der Waals surface area contributed by atoms with E-state index in [9.17, 15) is 14.4 Å². The Morgan fingerprint density at radius 1 is 0.719 bits per heavy atom. The van der Waals surface area contributed by atoms with Crippen LogP contribution in [-0.4, -0.2) is 39.2 Å². The SMILES string of the molecule is C=C1/C=C\C(C(=O)OC)=C/C2c3cc(C(=O)OC)ccc3C1c1ccc(C(=O)OC)cc12. The number of carbonyl (C=O) groups is 3. The van der Waals surface area contributed by atoms with E-state index in [0.717, 1.165) is 27.8 Å². The topological polar surface area (TPSA) is 78.9 Å². The first-order chi connectivity index (χ1) is 15.4. The van der Waals surface area contributed by atoms with Gasteiger partial charge in [-0.2, -0.15) is 0 Å². The Balaban J connectivity index is 2.05. The first-order valence-corrected chi connectivity index (χ1v) is 10.0. The molecule has 0 heterocycles. The molecule has 0 spiro atoms. The lowest BCUT2D eigenvalue weighted by molar-refractivity contribution is -0.135. The van der Waals surface area contributed by atoms with Gasteiger partial charge in [-0.1, -0.05) is 30.9 Å². The van der Waals surface area contributed by atoms with Crippen LogP contribution in [0.3, 0.4) is 0 Å². The first-order valence-electron chi connectivity index (χ1n) is 10.0. The monoisotopic (exact) mass is 430 g/mol. The summed E-state index contributed by atoms with van der Waals surface area (Å²) in [5.41, 5.74) is 5.51. The molecule has 6 nitrogen and oxygen atoms in total. The molecule has 0 aromatic heterocycles. The third-order valence-electron chi connectivity index (χ3n) is 5.92. The molecule has 2 aromatic rings. The lowest BCUT2D eigenvalue weighted by Crippen LogP contribution is -2.20. The lowest BCUT2D eigenvalue weighted by atomic mass is 9.69. The Labute approximate surface area is 185 Å². The summed E-state index contributed by atoms with van der Waals surface area (Å²) >= 11 is 0. The average Bonchev–Trinajstić information content (AvgIpc) is 2.92. The summed E-state index contributed by atoms with van der Waals surface area (Å²) in [6.45, 7) is 4.25. The van der Waals surface area contributed by atoms with Crippen LogP contribution in [0.2, 0.25) is 0 Å². The van der Waals surface area contributed by atoms with Crippen LogP contribution < -0.4 is 0 Å². The van der Waals surface area contributed by atoms with E-state index >= 15 is 0 Å². The molecule has 2 aromatic carbocycles. The van der Waals surface area contributed by atoms with Gasteiger partial charge in [-0.15, -0.1) is 0 Å².